The Labute approximate surface area is 151 Å². The molecule has 0 bridgehead atoms. The molecule has 0 aliphatic rings. The van der Waals surface area contributed by atoms with Gasteiger partial charge in [0, 0.05) is 18.8 Å². The number of hydrogen-bond donors (Lipinski definition) is 1. The fourth-order valence-electron chi connectivity index (χ4n) is 3.03. The minimum atomic E-state index is -0.876. The Morgan fingerprint density at radius 3 is 2.19 bits per heavy atom. The minimum Gasteiger partial charge on any atom is -0.321 e. The van der Waals surface area contributed by atoms with Crippen molar-refractivity contribution in [3.05, 3.63) is 56.4 Å². The summed E-state index contributed by atoms with van der Waals surface area (Å²) in [5, 5.41) is 0. The third-order valence-corrected chi connectivity index (χ3v) is 4.50. The summed E-state index contributed by atoms with van der Waals surface area (Å²) in [6, 6.07) is 6.19. The smallest absolute Gasteiger partial charge is 0.321 e. The summed E-state index contributed by atoms with van der Waals surface area (Å²) in [5.41, 5.74) is 7.62. The molecule has 0 unspecified atom stereocenters. The predicted molar refractivity (Wildman–Crippen MR) is 99.2 cm³/mol. The lowest BCUT2D eigenvalue weighted by Gasteiger charge is -2.16. The summed E-state index contributed by atoms with van der Waals surface area (Å²) in [6.07, 6.45) is 0.466. The van der Waals surface area contributed by atoms with Gasteiger partial charge in [-0.1, -0.05) is 24.3 Å². The Bertz CT molecular complexity index is 939. The number of Topliss-reactive ketones (excluding diaryl/α,β-unsaturated/α-hetero) is 1. The minimum absolute atomic E-state index is 0.226. The summed E-state index contributed by atoms with van der Waals surface area (Å²) >= 11 is 0. The summed E-state index contributed by atoms with van der Waals surface area (Å²) in [5.74, 6) is -0.647. The van der Waals surface area contributed by atoms with Crippen molar-refractivity contribution in [2.24, 2.45) is 5.73 Å². The van der Waals surface area contributed by atoms with Crippen LogP contribution in [0.2, 0.25) is 0 Å². The highest BCUT2D eigenvalue weighted by Gasteiger charge is 2.17. The van der Waals surface area contributed by atoms with Crippen molar-refractivity contribution >= 4 is 12.1 Å². The first kappa shape index (κ1) is 19.5. The lowest BCUT2D eigenvalue weighted by Crippen LogP contribution is -2.41. The van der Waals surface area contributed by atoms with Gasteiger partial charge < -0.3 is 5.73 Å². The average Bonchev–Trinajstić information content (AvgIpc) is 2.63. The van der Waals surface area contributed by atoms with Crippen molar-refractivity contribution in [3.8, 4) is 11.1 Å². The summed E-state index contributed by atoms with van der Waals surface area (Å²) in [6.45, 7) is 6.15. The first-order valence-electron chi connectivity index (χ1n) is 8.53. The fraction of sp³-hybridized carbons (Fsp3) is 0.368. The third-order valence-electron chi connectivity index (χ3n) is 4.50. The van der Waals surface area contributed by atoms with Gasteiger partial charge in [-0.2, -0.15) is 0 Å². The van der Waals surface area contributed by atoms with Crippen LogP contribution >= 0.6 is 0 Å². The number of hydrogen-bond acceptors (Lipinski definition) is 5. The van der Waals surface area contributed by atoms with E-state index in [-0.39, 0.29) is 24.0 Å². The SMILES string of the molecule is CCn1c(C)c(-c2ccc(C[C@H](N)C(=O)C=O)cc2)c(=O)n(CC)c1=O. The largest absolute Gasteiger partial charge is 0.331 e. The van der Waals surface area contributed by atoms with Crippen LogP contribution in [0.4, 0.5) is 0 Å². The van der Waals surface area contributed by atoms with E-state index in [0.717, 1.165) is 5.56 Å². The van der Waals surface area contributed by atoms with Gasteiger partial charge in [-0.05, 0) is 38.3 Å². The topological polar surface area (TPSA) is 104 Å². The highest BCUT2D eigenvalue weighted by Crippen LogP contribution is 2.20. The average molecular weight is 357 g/mol. The van der Waals surface area contributed by atoms with Gasteiger partial charge >= 0.3 is 5.69 Å². The van der Waals surface area contributed by atoms with Crippen LogP contribution in [-0.2, 0) is 29.1 Å². The first-order valence-corrected chi connectivity index (χ1v) is 8.53. The molecule has 7 nitrogen and oxygen atoms in total. The monoisotopic (exact) mass is 357 g/mol. The zero-order valence-electron chi connectivity index (χ0n) is 15.2. The number of nitrogens with two attached hydrogens (primary N) is 1. The van der Waals surface area contributed by atoms with Crippen LogP contribution in [-0.4, -0.2) is 27.2 Å². The maximum absolute atomic E-state index is 12.7. The molecule has 2 aromatic rings. The number of benzene rings is 1. The first-order chi connectivity index (χ1) is 12.3. The standard InChI is InChI=1S/C19H23N3O4/c1-4-21-12(3)17(18(25)22(5-2)19(21)26)14-8-6-13(7-9-14)10-15(20)16(24)11-23/h6-9,11,15H,4-5,10,20H2,1-3H3/t15-/m0/s1. The van der Waals surface area contributed by atoms with Gasteiger partial charge in [-0.25, -0.2) is 4.79 Å². The molecule has 0 saturated heterocycles. The Morgan fingerprint density at radius 2 is 1.69 bits per heavy atom. The van der Waals surface area contributed by atoms with Crippen LogP contribution in [0.1, 0.15) is 25.1 Å². The molecule has 0 spiro atoms. The van der Waals surface area contributed by atoms with E-state index < -0.39 is 11.8 Å². The number of aldehydes is 1. The molecule has 7 heteroatoms. The van der Waals surface area contributed by atoms with Crippen molar-refractivity contribution in [1.82, 2.24) is 9.13 Å². The zero-order chi connectivity index (χ0) is 19.4. The van der Waals surface area contributed by atoms with Crippen molar-refractivity contribution in [2.45, 2.75) is 46.3 Å². The summed E-state index contributed by atoms with van der Waals surface area (Å²) < 4.78 is 2.80. The fourth-order valence-corrected chi connectivity index (χ4v) is 3.03. The normalized spacial score (nSPS) is 12.0. The molecular formula is C19H23N3O4. The summed E-state index contributed by atoms with van der Waals surface area (Å²) in [7, 11) is 0. The maximum atomic E-state index is 12.7. The van der Waals surface area contributed by atoms with Gasteiger partial charge in [0.2, 0.25) is 5.78 Å². The predicted octanol–water partition coefficient (Wildman–Crippen LogP) is 0.663. The lowest BCUT2D eigenvalue weighted by molar-refractivity contribution is -0.130. The highest BCUT2D eigenvalue weighted by atomic mass is 16.2. The van der Waals surface area contributed by atoms with Crippen molar-refractivity contribution in [3.63, 3.8) is 0 Å². The van der Waals surface area contributed by atoms with Crippen molar-refractivity contribution < 1.29 is 9.59 Å². The number of aromatic nitrogens is 2. The number of ketones is 1. The molecule has 0 radical (unpaired) electrons. The molecule has 1 heterocycles. The van der Waals surface area contributed by atoms with E-state index in [0.29, 0.717) is 29.9 Å². The van der Waals surface area contributed by atoms with Gasteiger partial charge in [0.25, 0.3) is 5.56 Å². The second kappa shape index (κ2) is 8.05. The molecule has 1 atom stereocenters. The molecule has 138 valence electrons. The van der Waals surface area contributed by atoms with E-state index in [1.54, 1.807) is 42.7 Å². The van der Waals surface area contributed by atoms with Crippen LogP contribution in [0.25, 0.3) is 11.1 Å². The van der Waals surface area contributed by atoms with Crippen LogP contribution in [0.5, 0.6) is 0 Å². The Hall–Kier alpha value is -2.80. The van der Waals surface area contributed by atoms with Gasteiger partial charge in [0.1, 0.15) is 0 Å². The lowest BCUT2D eigenvalue weighted by atomic mass is 9.99. The van der Waals surface area contributed by atoms with Crippen LogP contribution in [0, 0.1) is 6.92 Å². The number of carbonyl (C=O) groups excluding carboxylic acids is 2. The molecule has 0 fully saturated rings. The molecule has 2 N–H and O–H groups in total. The zero-order valence-corrected chi connectivity index (χ0v) is 15.2. The molecule has 0 aliphatic carbocycles. The molecule has 1 aromatic heterocycles. The van der Waals surface area contributed by atoms with E-state index in [1.165, 1.54) is 4.57 Å². The molecule has 0 amide bonds. The van der Waals surface area contributed by atoms with Gasteiger partial charge in [0.05, 0.1) is 11.6 Å². The number of nitrogens with zero attached hydrogens (tertiary/aromatic N) is 2. The summed E-state index contributed by atoms with van der Waals surface area (Å²) in [4.78, 5) is 46.9. The van der Waals surface area contributed by atoms with Gasteiger partial charge in [-0.15, -0.1) is 0 Å². The highest BCUT2D eigenvalue weighted by molar-refractivity contribution is 6.27. The van der Waals surface area contributed by atoms with Gasteiger partial charge in [0.15, 0.2) is 6.29 Å². The Balaban J connectivity index is 2.50. The third kappa shape index (κ3) is 3.57. The molecule has 2 rings (SSSR count). The molecule has 0 aliphatic heterocycles. The maximum Gasteiger partial charge on any atom is 0.331 e. The molecular weight excluding hydrogens is 334 g/mol. The number of carbonyl (C=O) groups is 2. The van der Waals surface area contributed by atoms with E-state index in [4.69, 9.17) is 5.73 Å². The second-order valence-corrected chi connectivity index (χ2v) is 6.06. The van der Waals surface area contributed by atoms with Gasteiger partial charge in [-0.3, -0.25) is 23.5 Å². The van der Waals surface area contributed by atoms with Crippen LogP contribution < -0.4 is 17.0 Å². The van der Waals surface area contributed by atoms with E-state index in [1.807, 2.05) is 6.92 Å². The Kier molecular flexibility index (Phi) is 6.05. The van der Waals surface area contributed by atoms with E-state index in [2.05, 4.69) is 0 Å². The molecule has 0 saturated carbocycles. The Morgan fingerprint density at radius 1 is 1.12 bits per heavy atom. The molecule has 26 heavy (non-hydrogen) atoms. The van der Waals surface area contributed by atoms with E-state index >= 15 is 0 Å². The van der Waals surface area contributed by atoms with Crippen molar-refractivity contribution in [2.75, 3.05) is 0 Å². The van der Waals surface area contributed by atoms with E-state index in [9.17, 15) is 19.2 Å². The van der Waals surface area contributed by atoms with Crippen LogP contribution in [0.3, 0.4) is 0 Å². The molecule has 1 aromatic carbocycles. The number of rotatable bonds is 7. The quantitative estimate of drug-likeness (QED) is 0.579. The van der Waals surface area contributed by atoms with Crippen molar-refractivity contribution in [1.29, 1.82) is 0 Å². The second-order valence-electron chi connectivity index (χ2n) is 6.06. The van der Waals surface area contributed by atoms with Crippen LogP contribution in [0.15, 0.2) is 33.9 Å².